The normalized spacial score (nSPS) is 20.7. The number of hydrogen-bond donors (Lipinski definition) is 1. The molecule has 0 aromatic heterocycles. The Labute approximate surface area is 94.0 Å². The van der Waals surface area contributed by atoms with Gasteiger partial charge in [0.1, 0.15) is 0 Å². The second-order valence-corrected chi connectivity index (χ2v) is 5.14. The van der Waals surface area contributed by atoms with E-state index >= 15 is 0 Å². The fourth-order valence-corrected chi connectivity index (χ4v) is 2.96. The average Bonchev–Trinajstić information content (AvgIpc) is 2.19. The molecule has 0 atom stereocenters. The van der Waals surface area contributed by atoms with Crippen LogP contribution in [-0.4, -0.2) is 13.1 Å². The lowest BCUT2D eigenvalue weighted by Crippen LogP contribution is -2.37. The molecule has 0 saturated carbocycles. The Morgan fingerprint density at radius 1 is 1.21 bits per heavy atom. The first-order valence-corrected chi connectivity index (χ1v) is 5.97. The Balaban J connectivity index is 2.32. The van der Waals surface area contributed by atoms with Crippen LogP contribution in [0.25, 0.3) is 0 Å². The molecule has 0 bridgehead atoms. The molecule has 0 amide bonds. The highest BCUT2D eigenvalue weighted by atomic mass is 79.9. The smallest absolute Gasteiger partial charge is 0.0212 e. The van der Waals surface area contributed by atoms with Crippen LogP contribution in [0.4, 0.5) is 0 Å². The Kier molecular flexibility index (Phi) is 2.93. The molecule has 0 aliphatic carbocycles. The molecular formula is C12H16BrN. The maximum absolute atomic E-state index is 3.65. The van der Waals surface area contributed by atoms with Crippen LogP contribution < -0.4 is 5.32 Å². The summed E-state index contributed by atoms with van der Waals surface area (Å²) in [5, 5.41) is 3.41. The molecule has 1 saturated heterocycles. The number of benzene rings is 1. The highest BCUT2D eigenvalue weighted by molar-refractivity contribution is 9.10. The first kappa shape index (κ1) is 10.2. The summed E-state index contributed by atoms with van der Waals surface area (Å²) in [5.41, 5.74) is 1.81. The third kappa shape index (κ3) is 1.86. The standard InChI is InChI=1S/C12H16BrN/c1-12(6-8-14-9-7-12)10-4-2-3-5-11(10)13/h2-5,14H,6-9H2,1H3. The topological polar surface area (TPSA) is 12.0 Å². The van der Waals surface area contributed by atoms with E-state index in [1.165, 1.54) is 22.9 Å². The lowest BCUT2D eigenvalue weighted by atomic mass is 9.75. The van der Waals surface area contributed by atoms with E-state index in [1.54, 1.807) is 0 Å². The van der Waals surface area contributed by atoms with Gasteiger partial charge < -0.3 is 5.32 Å². The van der Waals surface area contributed by atoms with Crippen LogP contribution in [0.5, 0.6) is 0 Å². The van der Waals surface area contributed by atoms with E-state index in [9.17, 15) is 0 Å². The molecule has 0 unspecified atom stereocenters. The maximum Gasteiger partial charge on any atom is 0.0212 e. The molecule has 2 rings (SSSR count). The monoisotopic (exact) mass is 253 g/mol. The number of piperidine rings is 1. The molecule has 2 heteroatoms. The minimum atomic E-state index is 0.353. The largest absolute Gasteiger partial charge is 0.317 e. The Morgan fingerprint density at radius 3 is 2.50 bits per heavy atom. The van der Waals surface area contributed by atoms with E-state index in [2.05, 4.69) is 52.4 Å². The molecule has 1 N–H and O–H groups in total. The van der Waals surface area contributed by atoms with E-state index in [0.29, 0.717) is 5.41 Å². The van der Waals surface area contributed by atoms with Crippen LogP contribution >= 0.6 is 15.9 Å². The van der Waals surface area contributed by atoms with Gasteiger partial charge in [-0.1, -0.05) is 41.1 Å². The molecule has 0 spiro atoms. The number of halogens is 1. The van der Waals surface area contributed by atoms with Crippen molar-refractivity contribution < 1.29 is 0 Å². The quantitative estimate of drug-likeness (QED) is 0.812. The molecule has 14 heavy (non-hydrogen) atoms. The van der Waals surface area contributed by atoms with Crippen LogP contribution in [0.15, 0.2) is 28.7 Å². The summed E-state index contributed by atoms with van der Waals surface area (Å²) in [6.45, 7) is 4.64. The van der Waals surface area contributed by atoms with E-state index in [1.807, 2.05) is 0 Å². The molecule has 0 radical (unpaired) electrons. The highest BCUT2D eigenvalue weighted by Gasteiger charge is 2.29. The number of rotatable bonds is 1. The van der Waals surface area contributed by atoms with Gasteiger partial charge in [0.25, 0.3) is 0 Å². The zero-order chi connectivity index (χ0) is 10.0. The van der Waals surface area contributed by atoms with Crippen molar-refractivity contribution in [2.45, 2.75) is 25.2 Å². The summed E-state index contributed by atoms with van der Waals surface area (Å²) in [4.78, 5) is 0. The summed E-state index contributed by atoms with van der Waals surface area (Å²) in [5.74, 6) is 0. The molecule has 1 fully saturated rings. The molecule has 1 aliphatic heterocycles. The molecular weight excluding hydrogens is 238 g/mol. The molecule has 76 valence electrons. The van der Waals surface area contributed by atoms with Gasteiger partial charge in [-0.2, -0.15) is 0 Å². The summed E-state index contributed by atoms with van der Waals surface area (Å²) >= 11 is 3.65. The van der Waals surface area contributed by atoms with Gasteiger partial charge in [0.2, 0.25) is 0 Å². The Morgan fingerprint density at radius 2 is 1.86 bits per heavy atom. The average molecular weight is 254 g/mol. The van der Waals surface area contributed by atoms with Gasteiger partial charge in [0.15, 0.2) is 0 Å². The Bertz CT molecular complexity index is 316. The summed E-state index contributed by atoms with van der Waals surface area (Å²) in [7, 11) is 0. The molecule has 1 nitrogen and oxygen atoms in total. The lowest BCUT2D eigenvalue weighted by molar-refractivity contribution is 0.334. The third-order valence-electron chi connectivity index (χ3n) is 3.23. The second-order valence-electron chi connectivity index (χ2n) is 4.29. The first-order chi connectivity index (χ1) is 6.72. The summed E-state index contributed by atoms with van der Waals surface area (Å²) in [6, 6.07) is 8.60. The van der Waals surface area contributed by atoms with Crippen molar-refractivity contribution in [2.75, 3.05) is 13.1 Å². The van der Waals surface area contributed by atoms with E-state index < -0.39 is 0 Å². The van der Waals surface area contributed by atoms with Crippen molar-refractivity contribution in [2.24, 2.45) is 0 Å². The van der Waals surface area contributed by atoms with Gasteiger partial charge in [-0.15, -0.1) is 0 Å². The van der Waals surface area contributed by atoms with Crippen molar-refractivity contribution in [3.63, 3.8) is 0 Å². The highest BCUT2D eigenvalue weighted by Crippen LogP contribution is 2.36. The predicted octanol–water partition coefficient (Wildman–Crippen LogP) is 3.09. The first-order valence-electron chi connectivity index (χ1n) is 5.18. The minimum Gasteiger partial charge on any atom is -0.317 e. The zero-order valence-electron chi connectivity index (χ0n) is 8.52. The van der Waals surface area contributed by atoms with Gasteiger partial charge in [-0.25, -0.2) is 0 Å². The lowest BCUT2D eigenvalue weighted by Gasteiger charge is -2.35. The van der Waals surface area contributed by atoms with Gasteiger partial charge >= 0.3 is 0 Å². The fraction of sp³-hybridized carbons (Fsp3) is 0.500. The van der Waals surface area contributed by atoms with Crippen LogP contribution in [-0.2, 0) is 5.41 Å². The van der Waals surface area contributed by atoms with Crippen molar-refractivity contribution in [3.8, 4) is 0 Å². The predicted molar refractivity (Wildman–Crippen MR) is 63.6 cm³/mol. The van der Waals surface area contributed by atoms with Gasteiger partial charge in [-0.05, 0) is 43.0 Å². The second kappa shape index (κ2) is 4.03. The van der Waals surface area contributed by atoms with E-state index in [4.69, 9.17) is 0 Å². The van der Waals surface area contributed by atoms with E-state index in [0.717, 1.165) is 13.1 Å². The van der Waals surface area contributed by atoms with Crippen LogP contribution in [0, 0.1) is 0 Å². The van der Waals surface area contributed by atoms with Crippen molar-refractivity contribution in [1.29, 1.82) is 0 Å². The molecule has 1 aromatic carbocycles. The molecule has 1 aliphatic rings. The van der Waals surface area contributed by atoms with E-state index in [-0.39, 0.29) is 0 Å². The minimum absolute atomic E-state index is 0.353. The van der Waals surface area contributed by atoms with Crippen LogP contribution in [0.1, 0.15) is 25.3 Å². The number of hydrogen-bond acceptors (Lipinski definition) is 1. The SMILES string of the molecule is CC1(c2ccccc2Br)CCNCC1. The molecule has 1 heterocycles. The van der Waals surface area contributed by atoms with Crippen molar-refractivity contribution in [3.05, 3.63) is 34.3 Å². The maximum atomic E-state index is 3.65. The van der Waals surface area contributed by atoms with Crippen molar-refractivity contribution >= 4 is 15.9 Å². The van der Waals surface area contributed by atoms with Crippen LogP contribution in [0.2, 0.25) is 0 Å². The fourth-order valence-electron chi connectivity index (χ4n) is 2.20. The van der Waals surface area contributed by atoms with Crippen LogP contribution in [0.3, 0.4) is 0 Å². The summed E-state index contributed by atoms with van der Waals surface area (Å²) in [6.07, 6.45) is 2.46. The van der Waals surface area contributed by atoms with Gasteiger partial charge in [0, 0.05) is 4.47 Å². The third-order valence-corrected chi connectivity index (χ3v) is 3.92. The zero-order valence-corrected chi connectivity index (χ0v) is 10.1. The number of nitrogens with one attached hydrogen (secondary N) is 1. The van der Waals surface area contributed by atoms with Gasteiger partial charge in [-0.3, -0.25) is 0 Å². The van der Waals surface area contributed by atoms with Gasteiger partial charge in [0.05, 0.1) is 0 Å². The summed E-state index contributed by atoms with van der Waals surface area (Å²) < 4.78 is 1.25. The Hall–Kier alpha value is -0.340. The molecule has 1 aromatic rings. The van der Waals surface area contributed by atoms with Crippen molar-refractivity contribution in [1.82, 2.24) is 5.32 Å².